The van der Waals surface area contributed by atoms with E-state index >= 15 is 0 Å². The maximum absolute atomic E-state index is 13.3. The van der Waals surface area contributed by atoms with Crippen LogP contribution >= 0.6 is 0 Å². The fourth-order valence-corrected chi connectivity index (χ4v) is 1.98. The number of aryl methyl sites for hydroxylation is 1. The first-order chi connectivity index (χ1) is 11.2. The molecule has 3 rings (SSSR count). The molecule has 0 fully saturated rings. The molecule has 2 nitrogen and oxygen atoms in total. The fraction of sp³-hybridized carbons (Fsp3) is 0.150. The van der Waals surface area contributed by atoms with Gasteiger partial charge >= 0.3 is 0 Å². The van der Waals surface area contributed by atoms with Crippen LogP contribution in [0.2, 0.25) is 0 Å². The van der Waals surface area contributed by atoms with Crippen molar-refractivity contribution in [2.24, 2.45) is 0 Å². The molecule has 118 valence electrons. The van der Waals surface area contributed by atoms with Crippen LogP contribution in [0.3, 0.4) is 0 Å². The predicted octanol–water partition coefficient (Wildman–Crippen LogP) is 4.96. The third-order valence-corrected chi connectivity index (χ3v) is 3.27. The molecule has 0 heterocycles. The highest BCUT2D eigenvalue weighted by molar-refractivity contribution is 5.75. The molecule has 0 aliphatic heterocycles. The molecule has 1 aromatic rings. The van der Waals surface area contributed by atoms with Crippen LogP contribution in [0.4, 0.5) is 4.39 Å². The summed E-state index contributed by atoms with van der Waals surface area (Å²) in [5, 5.41) is 0. The molecule has 23 heavy (non-hydrogen) atoms. The molecule has 0 spiro atoms. The number of hydrogen-bond acceptors (Lipinski definition) is 2. The van der Waals surface area contributed by atoms with Crippen LogP contribution in [0.25, 0.3) is 0 Å². The summed E-state index contributed by atoms with van der Waals surface area (Å²) in [6.07, 6.45) is 11.8. The van der Waals surface area contributed by atoms with Gasteiger partial charge in [-0.1, -0.05) is 54.1 Å². The summed E-state index contributed by atoms with van der Waals surface area (Å²) in [5.41, 5.74) is 2.01. The summed E-state index contributed by atoms with van der Waals surface area (Å²) in [6.45, 7) is 2.08. The highest BCUT2D eigenvalue weighted by atomic mass is 19.1. The Labute approximate surface area is 136 Å². The van der Waals surface area contributed by atoms with E-state index in [1.165, 1.54) is 5.56 Å². The SMILES string of the molecule is Cc1ccccc1.O=CC1=C[CH]C(OC2=C(F)CC=C[CH]2)=CC1. The second-order valence-electron chi connectivity index (χ2n) is 5.16. The lowest BCUT2D eigenvalue weighted by atomic mass is 10.1. The first-order valence-electron chi connectivity index (χ1n) is 7.46. The lowest BCUT2D eigenvalue weighted by Gasteiger charge is -2.16. The zero-order valence-corrected chi connectivity index (χ0v) is 13.0. The van der Waals surface area contributed by atoms with Crippen LogP contribution in [0, 0.1) is 19.8 Å². The molecule has 0 N–H and O–H groups in total. The molecular formula is C20H19FO2. The number of rotatable bonds is 3. The van der Waals surface area contributed by atoms with E-state index in [-0.39, 0.29) is 18.0 Å². The number of allylic oxidation sites excluding steroid dienone is 6. The number of carbonyl (C=O) groups excluding carboxylic acids is 1. The Morgan fingerprint density at radius 1 is 1.13 bits per heavy atom. The van der Waals surface area contributed by atoms with E-state index in [1.54, 1.807) is 37.1 Å². The van der Waals surface area contributed by atoms with Gasteiger partial charge in [0.05, 0.1) is 6.42 Å². The van der Waals surface area contributed by atoms with Gasteiger partial charge in [0.15, 0.2) is 0 Å². The number of carbonyl (C=O) groups is 1. The van der Waals surface area contributed by atoms with Crippen molar-refractivity contribution in [2.75, 3.05) is 0 Å². The largest absolute Gasteiger partial charge is 0.462 e. The van der Waals surface area contributed by atoms with Crippen LogP contribution in [-0.2, 0) is 9.53 Å². The van der Waals surface area contributed by atoms with E-state index in [9.17, 15) is 9.18 Å². The van der Waals surface area contributed by atoms with Crippen molar-refractivity contribution >= 4 is 6.29 Å². The number of halogens is 1. The Kier molecular flexibility index (Phi) is 6.55. The second-order valence-corrected chi connectivity index (χ2v) is 5.16. The van der Waals surface area contributed by atoms with Crippen molar-refractivity contribution in [2.45, 2.75) is 19.8 Å². The van der Waals surface area contributed by atoms with Crippen LogP contribution in [0.5, 0.6) is 0 Å². The van der Waals surface area contributed by atoms with Gasteiger partial charge in [-0.15, -0.1) is 0 Å². The molecule has 0 bridgehead atoms. The van der Waals surface area contributed by atoms with Gasteiger partial charge in [-0.25, -0.2) is 4.39 Å². The standard InChI is InChI=1S/C13H11FO2.C7H8/c14-12-3-1-2-4-13(12)16-11-7-5-10(9-15)6-8-11;1-7-5-3-2-4-6-7/h1-2,4-5,7-9H,3,6H2;2-6H,1H3. The molecule has 0 unspecified atom stereocenters. The lowest BCUT2D eigenvalue weighted by molar-refractivity contribution is -0.105. The molecule has 1 aromatic carbocycles. The summed E-state index contributed by atoms with van der Waals surface area (Å²) in [4.78, 5) is 10.5. The van der Waals surface area contributed by atoms with E-state index in [0.29, 0.717) is 17.8 Å². The van der Waals surface area contributed by atoms with E-state index in [0.717, 1.165) is 6.29 Å². The molecule has 2 aliphatic carbocycles. The van der Waals surface area contributed by atoms with Gasteiger partial charge in [-0.3, -0.25) is 4.79 Å². The lowest BCUT2D eigenvalue weighted by Crippen LogP contribution is -2.02. The predicted molar refractivity (Wildman–Crippen MR) is 89.6 cm³/mol. The summed E-state index contributed by atoms with van der Waals surface area (Å²) in [5.74, 6) is 0.539. The Morgan fingerprint density at radius 2 is 1.91 bits per heavy atom. The van der Waals surface area contributed by atoms with Gasteiger partial charge in [0.25, 0.3) is 0 Å². The average Bonchev–Trinajstić information content (AvgIpc) is 2.59. The summed E-state index contributed by atoms with van der Waals surface area (Å²) in [7, 11) is 0. The van der Waals surface area contributed by atoms with Crippen molar-refractivity contribution < 1.29 is 13.9 Å². The first-order valence-corrected chi connectivity index (χ1v) is 7.46. The zero-order chi connectivity index (χ0) is 16.5. The van der Waals surface area contributed by atoms with Crippen LogP contribution in [-0.4, -0.2) is 6.29 Å². The van der Waals surface area contributed by atoms with Crippen molar-refractivity contribution in [3.05, 3.63) is 96.0 Å². The molecule has 2 radical (unpaired) electrons. The summed E-state index contributed by atoms with van der Waals surface area (Å²) < 4.78 is 18.7. The van der Waals surface area contributed by atoms with Crippen LogP contribution < -0.4 is 0 Å². The minimum Gasteiger partial charge on any atom is -0.462 e. The minimum absolute atomic E-state index is 0.243. The highest BCUT2D eigenvalue weighted by Gasteiger charge is 2.14. The monoisotopic (exact) mass is 310 g/mol. The number of benzene rings is 1. The van der Waals surface area contributed by atoms with E-state index in [1.807, 2.05) is 18.2 Å². The van der Waals surface area contributed by atoms with Crippen molar-refractivity contribution in [1.82, 2.24) is 0 Å². The van der Waals surface area contributed by atoms with Crippen LogP contribution in [0.15, 0.2) is 77.6 Å². The Bertz CT molecular complexity index is 651. The van der Waals surface area contributed by atoms with E-state index in [2.05, 4.69) is 19.1 Å². The molecule has 0 saturated carbocycles. The van der Waals surface area contributed by atoms with Gasteiger partial charge in [-0.2, -0.15) is 0 Å². The first kappa shape index (κ1) is 16.9. The maximum Gasteiger partial charge on any atom is 0.146 e. The number of hydrogen-bond donors (Lipinski definition) is 0. The molecule has 0 aromatic heterocycles. The van der Waals surface area contributed by atoms with Gasteiger partial charge in [0.1, 0.15) is 23.6 Å². The normalized spacial score (nSPS) is 16.8. The van der Waals surface area contributed by atoms with Crippen LogP contribution in [0.1, 0.15) is 18.4 Å². The van der Waals surface area contributed by atoms with Gasteiger partial charge in [0, 0.05) is 12.8 Å². The fourth-order valence-electron chi connectivity index (χ4n) is 1.98. The van der Waals surface area contributed by atoms with E-state index in [4.69, 9.17) is 4.74 Å². The topological polar surface area (TPSA) is 26.3 Å². The number of ether oxygens (including phenoxy) is 1. The molecule has 0 atom stereocenters. The van der Waals surface area contributed by atoms with Gasteiger partial charge in [-0.05, 0) is 25.0 Å². The zero-order valence-electron chi connectivity index (χ0n) is 13.0. The summed E-state index contributed by atoms with van der Waals surface area (Å²) >= 11 is 0. The smallest absolute Gasteiger partial charge is 0.146 e. The Hall–Kier alpha value is -2.42. The third-order valence-electron chi connectivity index (χ3n) is 3.27. The molecule has 0 saturated heterocycles. The molecule has 2 aliphatic rings. The van der Waals surface area contributed by atoms with Gasteiger partial charge in [0.2, 0.25) is 0 Å². The average molecular weight is 310 g/mol. The second kappa shape index (κ2) is 8.89. The van der Waals surface area contributed by atoms with Gasteiger partial charge < -0.3 is 4.74 Å². The quantitative estimate of drug-likeness (QED) is 0.738. The summed E-state index contributed by atoms with van der Waals surface area (Å²) in [6, 6.07) is 10.3. The Morgan fingerprint density at radius 3 is 2.43 bits per heavy atom. The molecule has 0 amide bonds. The molecule has 3 heteroatoms. The van der Waals surface area contributed by atoms with Crippen molar-refractivity contribution in [1.29, 1.82) is 0 Å². The molecular weight excluding hydrogens is 291 g/mol. The van der Waals surface area contributed by atoms with Crippen molar-refractivity contribution in [3.63, 3.8) is 0 Å². The highest BCUT2D eigenvalue weighted by Crippen LogP contribution is 2.26. The maximum atomic E-state index is 13.3. The van der Waals surface area contributed by atoms with E-state index < -0.39 is 0 Å². The van der Waals surface area contributed by atoms with Crippen molar-refractivity contribution in [3.8, 4) is 0 Å². The Balaban J connectivity index is 0.000000229. The minimum atomic E-state index is -0.276. The third kappa shape index (κ3) is 5.70. The number of aldehydes is 1.